The first-order valence-corrected chi connectivity index (χ1v) is 9.15. The Kier molecular flexibility index (Phi) is 7.91. The maximum atomic E-state index is 11.5. The van der Waals surface area contributed by atoms with Crippen LogP contribution >= 0.6 is 0 Å². The molecule has 3 N–H and O–H groups in total. The molecular weight excluding hydrogens is 346 g/mol. The number of hydrogen-bond acceptors (Lipinski definition) is 4. The highest BCUT2D eigenvalue weighted by Crippen LogP contribution is 2.20. The standard InChI is InChI=1S/C19H29N5O3/c1-20-17(25)12-14-8-10-24(11-9-14)18(21-2)22-13-15-4-6-16(7-5-15)23-19(26)27-3/h4-7,14H,8-13H2,1-3H3,(H,20,25)(H,21,22)(H,23,26). The third-order valence-corrected chi connectivity index (χ3v) is 4.72. The molecule has 2 amide bonds. The minimum absolute atomic E-state index is 0.112. The van der Waals surface area contributed by atoms with E-state index in [4.69, 9.17) is 0 Å². The van der Waals surface area contributed by atoms with E-state index in [-0.39, 0.29) is 5.91 Å². The van der Waals surface area contributed by atoms with Crippen LogP contribution in [-0.4, -0.2) is 57.2 Å². The number of nitrogens with one attached hydrogen (secondary N) is 3. The molecular formula is C19H29N5O3. The van der Waals surface area contributed by atoms with E-state index in [0.29, 0.717) is 24.6 Å². The fraction of sp³-hybridized carbons (Fsp3) is 0.526. The van der Waals surface area contributed by atoms with Crippen LogP contribution in [0.2, 0.25) is 0 Å². The second-order valence-corrected chi connectivity index (χ2v) is 6.52. The smallest absolute Gasteiger partial charge is 0.411 e. The molecule has 8 heteroatoms. The van der Waals surface area contributed by atoms with Crippen LogP contribution in [0.5, 0.6) is 0 Å². The maximum Gasteiger partial charge on any atom is 0.411 e. The maximum absolute atomic E-state index is 11.5. The van der Waals surface area contributed by atoms with E-state index in [0.717, 1.165) is 37.5 Å². The highest BCUT2D eigenvalue weighted by molar-refractivity contribution is 5.84. The number of rotatable bonds is 5. The van der Waals surface area contributed by atoms with Crippen molar-refractivity contribution in [3.8, 4) is 0 Å². The van der Waals surface area contributed by atoms with Crippen LogP contribution in [0.4, 0.5) is 10.5 Å². The van der Waals surface area contributed by atoms with Crippen LogP contribution < -0.4 is 16.0 Å². The van der Waals surface area contributed by atoms with Crippen LogP contribution in [0.25, 0.3) is 0 Å². The monoisotopic (exact) mass is 375 g/mol. The van der Waals surface area contributed by atoms with E-state index in [1.807, 2.05) is 24.3 Å². The van der Waals surface area contributed by atoms with E-state index < -0.39 is 6.09 Å². The third-order valence-electron chi connectivity index (χ3n) is 4.72. The zero-order valence-corrected chi connectivity index (χ0v) is 16.2. The van der Waals surface area contributed by atoms with Gasteiger partial charge in [-0.15, -0.1) is 0 Å². The molecule has 1 heterocycles. The number of likely N-dealkylation sites (tertiary alicyclic amines) is 1. The largest absolute Gasteiger partial charge is 0.453 e. The summed E-state index contributed by atoms with van der Waals surface area (Å²) < 4.78 is 4.57. The number of aliphatic imine (C=N–C) groups is 1. The summed E-state index contributed by atoms with van der Waals surface area (Å²) in [6.07, 6.45) is 2.09. The van der Waals surface area contributed by atoms with Crippen molar-refractivity contribution in [2.24, 2.45) is 10.9 Å². The molecule has 0 radical (unpaired) electrons. The molecule has 0 atom stereocenters. The van der Waals surface area contributed by atoms with Gasteiger partial charge in [0, 0.05) is 45.8 Å². The third kappa shape index (κ3) is 6.47. The lowest BCUT2D eigenvalue weighted by atomic mass is 9.93. The number of amides is 2. The first kappa shape index (κ1) is 20.5. The van der Waals surface area contributed by atoms with Gasteiger partial charge in [0.1, 0.15) is 0 Å². The summed E-state index contributed by atoms with van der Waals surface area (Å²) in [5.41, 5.74) is 1.77. The predicted octanol–water partition coefficient (Wildman–Crippen LogP) is 1.79. The minimum atomic E-state index is -0.485. The molecule has 27 heavy (non-hydrogen) atoms. The molecule has 0 bridgehead atoms. The Labute approximate surface area is 160 Å². The summed E-state index contributed by atoms with van der Waals surface area (Å²) in [4.78, 5) is 29.3. The van der Waals surface area contributed by atoms with Gasteiger partial charge in [0.25, 0.3) is 0 Å². The van der Waals surface area contributed by atoms with Crippen molar-refractivity contribution < 1.29 is 14.3 Å². The Morgan fingerprint density at radius 1 is 1.22 bits per heavy atom. The SMILES string of the molecule is CN=C(NCc1ccc(NC(=O)OC)cc1)N1CCC(CC(=O)NC)CC1. The lowest BCUT2D eigenvalue weighted by Gasteiger charge is -2.34. The van der Waals surface area contributed by atoms with E-state index in [2.05, 4.69) is 30.6 Å². The van der Waals surface area contributed by atoms with Crippen LogP contribution in [0.15, 0.2) is 29.3 Å². The minimum Gasteiger partial charge on any atom is -0.453 e. The first-order valence-electron chi connectivity index (χ1n) is 9.15. The van der Waals surface area contributed by atoms with Gasteiger partial charge in [-0.3, -0.25) is 15.1 Å². The number of methoxy groups -OCH3 is 1. The van der Waals surface area contributed by atoms with E-state index in [9.17, 15) is 9.59 Å². The summed E-state index contributed by atoms with van der Waals surface area (Å²) in [7, 11) is 4.80. The lowest BCUT2D eigenvalue weighted by Crippen LogP contribution is -2.45. The molecule has 8 nitrogen and oxygen atoms in total. The number of carbonyl (C=O) groups is 2. The zero-order chi connectivity index (χ0) is 19.6. The Bertz CT molecular complexity index is 652. The molecule has 0 aliphatic carbocycles. The second kappa shape index (κ2) is 10.4. The van der Waals surface area contributed by atoms with Crippen LogP contribution in [0, 0.1) is 5.92 Å². The number of hydrogen-bond donors (Lipinski definition) is 3. The van der Waals surface area contributed by atoms with Gasteiger partial charge in [-0.2, -0.15) is 0 Å². The fourth-order valence-corrected chi connectivity index (χ4v) is 3.10. The molecule has 2 rings (SSSR count). The Morgan fingerprint density at radius 2 is 1.89 bits per heavy atom. The van der Waals surface area contributed by atoms with Gasteiger partial charge in [0.15, 0.2) is 5.96 Å². The normalized spacial score (nSPS) is 15.2. The molecule has 0 saturated carbocycles. The Balaban J connectivity index is 1.80. The van der Waals surface area contributed by atoms with E-state index >= 15 is 0 Å². The molecule has 1 aliphatic rings. The molecule has 1 fully saturated rings. The summed E-state index contributed by atoms with van der Waals surface area (Å²) in [6, 6.07) is 7.56. The molecule has 1 aliphatic heterocycles. The van der Waals surface area contributed by atoms with Crippen LogP contribution in [-0.2, 0) is 16.1 Å². The molecule has 1 aromatic rings. The van der Waals surface area contributed by atoms with Crippen molar-refractivity contribution in [2.45, 2.75) is 25.8 Å². The highest BCUT2D eigenvalue weighted by Gasteiger charge is 2.22. The second-order valence-electron chi connectivity index (χ2n) is 6.52. The molecule has 0 spiro atoms. The fourth-order valence-electron chi connectivity index (χ4n) is 3.10. The summed E-state index contributed by atoms with van der Waals surface area (Å²) in [5.74, 6) is 1.42. The molecule has 1 aromatic carbocycles. The number of benzene rings is 1. The van der Waals surface area contributed by atoms with Crippen LogP contribution in [0.1, 0.15) is 24.8 Å². The zero-order valence-electron chi connectivity index (χ0n) is 16.2. The summed E-state index contributed by atoms with van der Waals surface area (Å²) >= 11 is 0. The van der Waals surface area contributed by atoms with Crippen molar-refractivity contribution in [3.05, 3.63) is 29.8 Å². The number of nitrogens with zero attached hydrogens (tertiary/aromatic N) is 2. The van der Waals surface area contributed by atoms with Gasteiger partial charge in [-0.1, -0.05) is 12.1 Å². The van der Waals surface area contributed by atoms with Crippen LogP contribution in [0.3, 0.4) is 0 Å². The van der Waals surface area contributed by atoms with Crippen molar-refractivity contribution in [3.63, 3.8) is 0 Å². The predicted molar refractivity (Wildman–Crippen MR) is 106 cm³/mol. The summed E-state index contributed by atoms with van der Waals surface area (Å²) in [6.45, 7) is 2.43. The van der Waals surface area contributed by atoms with Crippen molar-refractivity contribution >= 4 is 23.6 Å². The molecule has 1 saturated heterocycles. The van der Waals surface area contributed by atoms with E-state index in [1.54, 1.807) is 14.1 Å². The topological polar surface area (TPSA) is 95.1 Å². The summed E-state index contributed by atoms with van der Waals surface area (Å²) in [5, 5.41) is 8.70. The van der Waals surface area contributed by atoms with Gasteiger partial charge < -0.3 is 20.3 Å². The Hall–Kier alpha value is -2.77. The number of anilines is 1. The first-order chi connectivity index (χ1) is 13.0. The number of guanidine groups is 1. The highest BCUT2D eigenvalue weighted by atomic mass is 16.5. The van der Waals surface area contributed by atoms with Gasteiger partial charge >= 0.3 is 6.09 Å². The number of carbonyl (C=O) groups excluding carboxylic acids is 2. The molecule has 148 valence electrons. The number of ether oxygens (including phenoxy) is 1. The average Bonchev–Trinajstić information content (AvgIpc) is 2.70. The van der Waals surface area contributed by atoms with Gasteiger partial charge in [0.05, 0.1) is 7.11 Å². The van der Waals surface area contributed by atoms with Crippen molar-refractivity contribution in [1.29, 1.82) is 0 Å². The van der Waals surface area contributed by atoms with Crippen molar-refractivity contribution in [2.75, 3.05) is 39.6 Å². The quantitative estimate of drug-likeness (QED) is 0.539. The Morgan fingerprint density at radius 3 is 2.44 bits per heavy atom. The lowest BCUT2D eigenvalue weighted by molar-refractivity contribution is -0.121. The van der Waals surface area contributed by atoms with Gasteiger partial charge in [-0.05, 0) is 36.5 Å². The molecule has 0 unspecified atom stereocenters. The average molecular weight is 375 g/mol. The van der Waals surface area contributed by atoms with Gasteiger partial charge in [0.2, 0.25) is 5.91 Å². The van der Waals surface area contributed by atoms with Crippen molar-refractivity contribution in [1.82, 2.24) is 15.5 Å². The van der Waals surface area contributed by atoms with Gasteiger partial charge in [-0.25, -0.2) is 4.79 Å². The van der Waals surface area contributed by atoms with E-state index in [1.165, 1.54) is 7.11 Å². The molecule has 0 aromatic heterocycles. The number of piperidine rings is 1.